The number of hydrogen-bond donors (Lipinski definition) is 0. The van der Waals surface area contributed by atoms with Crippen LogP contribution < -0.4 is 4.90 Å². The van der Waals surface area contributed by atoms with Crippen LogP contribution in [0, 0.1) is 6.92 Å². The number of imide groups is 2. The number of carbonyl (C=O) groups is 4. The minimum absolute atomic E-state index is 0. The number of fused-ring (bicyclic) bond motifs is 2. The van der Waals surface area contributed by atoms with Crippen LogP contribution in [-0.2, 0) is 6.42 Å². The molecule has 2 aliphatic rings. The number of benzene rings is 3. The van der Waals surface area contributed by atoms with E-state index in [1.165, 1.54) is 11.9 Å². The number of aryl methyl sites for hydroxylation is 1. The third kappa shape index (κ3) is 3.12. The van der Waals surface area contributed by atoms with Gasteiger partial charge in [-0.05, 0) is 60.9 Å². The molecule has 6 heteroatoms. The Hall–Kier alpha value is -4.06. The monoisotopic (exact) mass is 426 g/mol. The third-order valence-corrected chi connectivity index (χ3v) is 5.81. The van der Waals surface area contributed by atoms with Crippen molar-refractivity contribution in [3.05, 3.63) is 99.6 Å². The Balaban J connectivity index is 0.00000245. The van der Waals surface area contributed by atoms with Crippen LogP contribution in [0.1, 0.15) is 65.5 Å². The second-order valence-corrected chi connectivity index (χ2v) is 7.89. The summed E-state index contributed by atoms with van der Waals surface area (Å²) in [6.45, 7) is 1.94. The predicted molar refractivity (Wildman–Crippen MR) is 121 cm³/mol. The first-order valence-corrected chi connectivity index (χ1v) is 9.89. The topological polar surface area (TPSA) is 74.8 Å². The predicted octanol–water partition coefficient (Wildman–Crippen LogP) is 4.25. The first-order valence-electron chi connectivity index (χ1n) is 9.89. The molecular weight excluding hydrogens is 404 g/mol. The van der Waals surface area contributed by atoms with Gasteiger partial charge in [-0.25, -0.2) is 4.90 Å². The molecule has 0 aliphatic carbocycles. The Kier molecular flexibility index (Phi) is 5.01. The van der Waals surface area contributed by atoms with Gasteiger partial charge in [-0.2, -0.15) is 0 Å². The van der Waals surface area contributed by atoms with Crippen LogP contribution in [-0.4, -0.2) is 35.6 Å². The summed E-state index contributed by atoms with van der Waals surface area (Å²) in [6.07, 6.45) is 0.470. The van der Waals surface area contributed by atoms with Crippen LogP contribution >= 0.6 is 0 Å². The quantitative estimate of drug-likeness (QED) is 0.587. The van der Waals surface area contributed by atoms with Crippen LogP contribution in [0.4, 0.5) is 5.69 Å². The summed E-state index contributed by atoms with van der Waals surface area (Å²) in [5, 5.41) is 0. The number of anilines is 1. The Morgan fingerprint density at radius 2 is 1.09 bits per heavy atom. The van der Waals surface area contributed by atoms with Gasteiger partial charge in [-0.3, -0.25) is 24.1 Å². The summed E-state index contributed by atoms with van der Waals surface area (Å²) in [7, 11) is 1.47. The van der Waals surface area contributed by atoms with Crippen molar-refractivity contribution >= 4 is 29.3 Å². The highest BCUT2D eigenvalue weighted by molar-refractivity contribution is 6.34. The second kappa shape index (κ2) is 7.57. The van der Waals surface area contributed by atoms with Crippen LogP contribution in [0.2, 0.25) is 0 Å². The molecule has 0 aromatic heterocycles. The molecule has 0 spiro atoms. The molecule has 5 rings (SSSR count). The van der Waals surface area contributed by atoms with Gasteiger partial charge in [0, 0.05) is 7.05 Å². The lowest BCUT2D eigenvalue weighted by molar-refractivity contribution is 0.0692. The molecule has 0 atom stereocenters. The highest BCUT2D eigenvalue weighted by Gasteiger charge is 2.37. The van der Waals surface area contributed by atoms with E-state index in [1.54, 1.807) is 36.4 Å². The van der Waals surface area contributed by atoms with Crippen molar-refractivity contribution in [1.82, 2.24) is 4.90 Å². The molecule has 0 saturated carbocycles. The number of amides is 4. The molecule has 32 heavy (non-hydrogen) atoms. The van der Waals surface area contributed by atoms with Crippen molar-refractivity contribution in [2.75, 3.05) is 11.9 Å². The van der Waals surface area contributed by atoms with Crippen molar-refractivity contribution in [2.24, 2.45) is 0 Å². The van der Waals surface area contributed by atoms with Crippen molar-refractivity contribution in [3.8, 4) is 0 Å². The third-order valence-electron chi connectivity index (χ3n) is 5.81. The second-order valence-electron chi connectivity index (χ2n) is 7.89. The van der Waals surface area contributed by atoms with E-state index in [4.69, 9.17) is 0 Å². The highest BCUT2D eigenvalue weighted by Crippen LogP contribution is 2.30. The molecule has 0 saturated heterocycles. The van der Waals surface area contributed by atoms with E-state index >= 15 is 0 Å². The number of carbonyl (C=O) groups excluding carboxylic acids is 4. The standard InChI is InChI=1S/C25H18N2O4.CH4/c1-14-3-7-17(8-4-14)27-24(30)19-10-6-16(13-21(19)25(27)31)11-15-5-9-18-20(12-15)23(29)26(2)22(18)28;/h3-10,12-13H,11H2,1-2H3;1H4. The van der Waals surface area contributed by atoms with E-state index in [-0.39, 0.29) is 31.1 Å². The normalized spacial score (nSPS) is 14.6. The van der Waals surface area contributed by atoms with Crippen LogP contribution in [0.3, 0.4) is 0 Å². The maximum atomic E-state index is 13.0. The Bertz CT molecular complexity index is 1310. The molecule has 3 aromatic carbocycles. The van der Waals surface area contributed by atoms with Gasteiger partial charge in [0.1, 0.15) is 0 Å². The van der Waals surface area contributed by atoms with E-state index in [2.05, 4.69) is 0 Å². The summed E-state index contributed by atoms with van der Waals surface area (Å²) in [5.74, 6) is -1.29. The average Bonchev–Trinajstić information content (AvgIpc) is 3.14. The zero-order valence-electron chi connectivity index (χ0n) is 17.0. The van der Waals surface area contributed by atoms with Gasteiger partial charge in [-0.15, -0.1) is 0 Å². The number of hydrogen-bond acceptors (Lipinski definition) is 4. The maximum absolute atomic E-state index is 13.0. The summed E-state index contributed by atoms with van der Waals surface area (Å²) in [5.41, 5.74) is 4.83. The lowest BCUT2D eigenvalue weighted by Gasteiger charge is -2.13. The summed E-state index contributed by atoms with van der Waals surface area (Å²) in [6, 6.07) is 17.7. The smallest absolute Gasteiger partial charge is 0.266 e. The van der Waals surface area contributed by atoms with Gasteiger partial charge in [0.05, 0.1) is 27.9 Å². The molecule has 2 aliphatic heterocycles. The SMILES string of the molecule is C.Cc1ccc(N2C(=O)c3ccc(Cc4ccc5c(c4)C(=O)N(C)C5=O)cc3C2=O)cc1. The fourth-order valence-electron chi connectivity index (χ4n) is 4.08. The first kappa shape index (κ1) is 21.2. The first-order chi connectivity index (χ1) is 14.8. The van der Waals surface area contributed by atoms with E-state index < -0.39 is 0 Å². The van der Waals surface area contributed by atoms with E-state index in [0.717, 1.165) is 21.6 Å². The summed E-state index contributed by atoms with van der Waals surface area (Å²) in [4.78, 5) is 52.4. The molecule has 0 N–H and O–H groups in total. The molecule has 2 heterocycles. The zero-order chi connectivity index (χ0) is 21.9. The Labute approximate surface area is 186 Å². The van der Waals surface area contributed by atoms with E-state index in [0.29, 0.717) is 34.4 Å². The summed E-state index contributed by atoms with van der Waals surface area (Å²) >= 11 is 0. The van der Waals surface area contributed by atoms with Crippen molar-refractivity contribution < 1.29 is 19.2 Å². The number of rotatable bonds is 3. The molecule has 0 radical (unpaired) electrons. The van der Waals surface area contributed by atoms with Crippen LogP contribution in [0.15, 0.2) is 60.7 Å². The van der Waals surface area contributed by atoms with Gasteiger partial charge in [0.25, 0.3) is 23.6 Å². The molecule has 0 fully saturated rings. The Morgan fingerprint density at radius 3 is 1.69 bits per heavy atom. The fourth-order valence-corrected chi connectivity index (χ4v) is 4.08. The number of nitrogens with zero attached hydrogens (tertiary/aromatic N) is 2. The Morgan fingerprint density at radius 1 is 0.625 bits per heavy atom. The van der Waals surface area contributed by atoms with Gasteiger partial charge in [0.15, 0.2) is 0 Å². The van der Waals surface area contributed by atoms with Crippen molar-refractivity contribution in [1.29, 1.82) is 0 Å². The molecule has 3 aromatic rings. The van der Waals surface area contributed by atoms with Crippen molar-refractivity contribution in [2.45, 2.75) is 20.8 Å². The molecule has 160 valence electrons. The lowest BCUT2D eigenvalue weighted by atomic mass is 9.98. The molecule has 0 unspecified atom stereocenters. The fraction of sp³-hybridized carbons (Fsp3) is 0.154. The van der Waals surface area contributed by atoms with Gasteiger partial charge < -0.3 is 0 Å². The largest absolute Gasteiger partial charge is 0.277 e. The summed E-state index contributed by atoms with van der Waals surface area (Å²) < 4.78 is 0. The van der Waals surface area contributed by atoms with Gasteiger partial charge >= 0.3 is 0 Å². The minimum atomic E-state index is -0.345. The van der Waals surface area contributed by atoms with Gasteiger partial charge in [0.2, 0.25) is 0 Å². The van der Waals surface area contributed by atoms with E-state index in [9.17, 15) is 19.2 Å². The molecule has 0 bridgehead atoms. The maximum Gasteiger partial charge on any atom is 0.266 e. The van der Waals surface area contributed by atoms with Crippen LogP contribution in [0.5, 0.6) is 0 Å². The zero-order valence-corrected chi connectivity index (χ0v) is 17.0. The van der Waals surface area contributed by atoms with Crippen molar-refractivity contribution in [3.63, 3.8) is 0 Å². The highest BCUT2D eigenvalue weighted by atomic mass is 16.2. The van der Waals surface area contributed by atoms with Crippen LogP contribution in [0.25, 0.3) is 0 Å². The lowest BCUT2D eigenvalue weighted by Crippen LogP contribution is -2.29. The average molecular weight is 426 g/mol. The molecule has 6 nitrogen and oxygen atoms in total. The van der Waals surface area contributed by atoms with Gasteiger partial charge in [-0.1, -0.05) is 37.3 Å². The molecular formula is C26H22N2O4. The minimum Gasteiger partial charge on any atom is -0.277 e. The van der Waals surface area contributed by atoms with E-state index in [1.807, 2.05) is 31.2 Å². The molecule has 4 amide bonds.